The van der Waals surface area contributed by atoms with Crippen LogP contribution in [0.15, 0.2) is 47.5 Å². The first kappa shape index (κ1) is 25.0. The molecule has 0 atom stereocenters. The van der Waals surface area contributed by atoms with Gasteiger partial charge in [0.1, 0.15) is 11.5 Å². The molecule has 2 N–H and O–H groups in total. The predicted molar refractivity (Wildman–Crippen MR) is 129 cm³/mol. The Balaban J connectivity index is 0.00000420. The number of hydrogen-bond acceptors (Lipinski definition) is 4. The fourth-order valence-corrected chi connectivity index (χ4v) is 2.81. The Morgan fingerprint density at radius 1 is 0.966 bits per heavy atom. The molecule has 2 aromatic rings. The van der Waals surface area contributed by atoms with Crippen LogP contribution in [0.25, 0.3) is 0 Å². The van der Waals surface area contributed by atoms with Crippen molar-refractivity contribution in [2.75, 3.05) is 41.0 Å². The fourth-order valence-electron chi connectivity index (χ4n) is 2.81. The lowest BCUT2D eigenvalue weighted by atomic mass is 10.1. The Morgan fingerprint density at radius 3 is 2.41 bits per heavy atom. The second kappa shape index (κ2) is 14.1. The number of benzene rings is 2. The third kappa shape index (κ3) is 8.49. The number of nitrogens with zero attached hydrogens (tertiary/aromatic N) is 1. The average molecular weight is 513 g/mol. The molecule has 0 radical (unpaired) electrons. The first-order valence-corrected chi connectivity index (χ1v) is 9.45. The maximum atomic E-state index is 5.73. The molecular weight excluding hydrogens is 481 g/mol. The first-order valence-electron chi connectivity index (χ1n) is 9.45. The SMILES string of the molecule is CN=C(NCCOCc1ccccc1OC)NCCc1ccc(C)c(OC)c1.I. The highest BCUT2D eigenvalue weighted by Crippen LogP contribution is 2.19. The van der Waals surface area contributed by atoms with Crippen molar-refractivity contribution in [3.05, 3.63) is 59.2 Å². The summed E-state index contributed by atoms with van der Waals surface area (Å²) in [6.45, 7) is 4.60. The molecule has 0 saturated heterocycles. The number of ether oxygens (including phenoxy) is 3. The maximum Gasteiger partial charge on any atom is 0.191 e. The third-order valence-corrected chi connectivity index (χ3v) is 4.39. The van der Waals surface area contributed by atoms with Gasteiger partial charge in [-0.25, -0.2) is 0 Å². The van der Waals surface area contributed by atoms with Crippen molar-refractivity contribution in [3.63, 3.8) is 0 Å². The standard InChI is InChI=1S/C22H31N3O3.HI/c1-17-9-10-18(15-21(17)27-4)11-12-24-22(23-2)25-13-14-28-16-19-7-5-6-8-20(19)26-3;/h5-10,15H,11-14,16H2,1-4H3,(H2,23,24,25);1H. The van der Waals surface area contributed by atoms with E-state index in [4.69, 9.17) is 14.2 Å². The molecular formula is C22H32IN3O3. The van der Waals surface area contributed by atoms with Gasteiger partial charge in [0.05, 0.1) is 27.4 Å². The lowest BCUT2D eigenvalue weighted by molar-refractivity contribution is 0.123. The van der Waals surface area contributed by atoms with Crippen LogP contribution in [0.2, 0.25) is 0 Å². The number of halogens is 1. The zero-order chi connectivity index (χ0) is 20.2. The van der Waals surface area contributed by atoms with Crippen molar-refractivity contribution in [2.45, 2.75) is 20.0 Å². The smallest absolute Gasteiger partial charge is 0.191 e. The van der Waals surface area contributed by atoms with Crippen molar-refractivity contribution in [1.29, 1.82) is 0 Å². The zero-order valence-corrected chi connectivity index (χ0v) is 20.0. The molecule has 2 rings (SSSR count). The summed E-state index contributed by atoms with van der Waals surface area (Å²) < 4.78 is 16.4. The Kier molecular flexibility index (Phi) is 12.1. The number of hydrogen-bond donors (Lipinski definition) is 2. The number of aliphatic imine (C=N–C) groups is 1. The minimum atomic E-state index is 0. The number of rotatable bonds is 10. The number of methoxy groups -OCH3 is 2. The van der Waals surface area contributed by atoms with Crippen LogP contribution in [-0.2, 0) is 17.8 Å². The molecule has 0 spiro atoms. The number of guanidine groups is 1. The molecule has 0 aliphatic carbocycles. The summed E-state index contributed by atoms with van der Waals surface area (Å²) in [5, 5.41) is 6.58. The van der Waals surface area contributed by atoms with Crippen LogP contribution in [0.4, 0.5) is 0 Å². The molecule has 0 unspecified atom stereocenters. The maximum absolute atomic E-state index is 5.73. The van der Waals surface area contributed by atoms with E-state index in [9.17, 15) is 0 Å². The van der Waals surface area contributed by atoms with Gasteiger partial charge in [0.15, 0.2) is 5.96 Å². The number of para-hydroxylation sites is 1. The largest absolute Gasteiger partial charge is 0.496 e. The second-order valence-electron chi connectivity index (χ2n) is 6.34. The van der Waals surface area contributed by atoms with Gasteiger partial charge in [-0.2, -0.15) is 0 Å². The Hall–Kier alpha value is -2.00. The zero-order valence-electron chi connectivity index (χ0n) is 17.7. The van der Waals surface area contributed by atoms with Crippen LogP contribution in [0, 0.1) is 6.92 Å². The molecule has 7 heteroatoms. The van der Waals surface area contributed by atoms with E-state index in [2.05, 4.69) is 33.8 Å². The number of nitrogens with one attached hydrogen (secondary N) is 2. The van der Waals surface area contributed by atoms with Crippen molar-refractivity contribution in [2.24, 2.45) is 4.99 Å². The Labute approximate surface area is 191 Å². The van der Waals surface area contributed by atoms with Gasteiger partial charge in [-0.1, -0.05) is 30.3 Å². The summed E-state index contributed by atoms with van der Waals surface area (Å²) in [6.07, 6.45) is 0.891. The minimum Gasteiger partial charge on any atom is -0.496 e. The molecule has 29 heavy (non-hydrogen) atoms. The van der Waals surface area contributed by atoms with Crippen LogP contribution in [0.3, 0.4) is 0 Å². The van der Waals surface area contributed by atoms with Crippen molar-refractivity contribution in [3.8, 4) is 11.5 Å². The van der Waals surface area contributed by atoms with Crippen LogP contribution >= 0.6 is 24.0 Å². The molecule has 0 aromatic heterocycles. The molecule has 0 bridgehead atoms. The monoisotopic (exact) mass is 513 g/mol. The van der Waals surface area contributed by atoms with Gasteiger partial charge in [0.25, 0.3) is 0 Å². The summed E-state index contributed by atoms with van der Waals surface area (Å²) in [5.41, 5.74) is 3.41. The quantitative estimate of drug-likeness (QED) is 0.220. The van der Waals surface area contributed by atoms with Crippen LogP contribution < -0.4 is 20.1 Å². The van der Waals surface area contributed by atoms with E-state index in [0.29, 0.717) is 19.8 Å². The summed E-state index contributed by atoms with van der Waals surface area (Å²) in [6, 6.07) is 14.2. The van der Waals surface area contributed by atoms with Gasteiger partial charge in [0.2, 0.25) is 0 Å². The summed E-state index contributed by atoms with van der Waals surface area (Å²) >= 11 is 0. The summed E-state index contributed by atoms with van der Waals surface area (Å²) in [4.78, 5) is 4.24. The topological polar surface area (TPSA) is 64.1 Å². The second-order valence-corrected chi connectivity index (χ2v) is 6.34. The molecule has 0 aliphatic rings. The molecule has 2 aromatic carbocycles. The van der Waals surface area contributed by atoms with Crippen molar-refractivity contribution in [1.82, 2.24) is 10.6 Å². The van der Waals surface area contributed by atoms with Crippen molar-refractivity contribution >= 4 is 29.9 Å². The van der Waals surface area contributed by atoms with Crippen LogP contribution in [-0.4, -0.2) is 46.9 Å². The van der Waals surface area contributed by atoms with Crippen molar-refractivity contribution < 1.29 is 14.2 Å². The normalized spacial score (nSPS) is 10.8. The van der Waals surface area contributed by atoms with Gasteiger partial charge in [-0.15, -0.1) is 24.0 Å². The van der Waals surface area contributed by atoms with E-state index in [-0.39, 0.29) is 24.0 Å². The highest BCUT2D eigenvalue weighted by Gasteiger charge is 2.03. The number of aryl methyl sites for hydroxylation is 1. The van der Waals surface area contributed by atoms with Gasteiger partial charge >= 0.3 is 0 Å². The molecule has 0 fully saturated rings. The van der Waals surface area contributed by atoms with Crippen LogP contribution in [0.5, 0.6) is 11.5 Å². The Morgan fingerprint density at radius 2 is 1.69 bits per heavy atom. The molecule has 0 saturated carbocycles. The first-order chi connectivity index (χ1) is 13.7. The summed E-state index contributed by atoms with van der Waals surface area (Å²) in [7, 11) is 5.13. The predicted octanol–water partition coefficient (Wildman–Crippen LogP) is 3.55. The molecule has 0 aliphatic heterocycles. The Bertz CT molecular complexity index is 769. The van der Waals surface area contributed by atoms with E-state index in [0.717, 1.165) is 41.6 Å². The van der Waals surface area contributed by atoms with E-state index in [1.807, 2.05) is 31.2 Å². The van der Waals surface area contributed by atoms with E-state index >= 15 is 0 Å². The van der Waals surface area contributed by atoms with E-state index in [1.165, 1.54) is 5.56 Å². The molecule has 6 nitrogen and oxygen atoms in total. The fraction of sp³-hybridized carbons (Fsp3) is 0.409. The summed E-state index contributed by atoms with van der Waals surface area (Å²) in [5.74, 6) is 2.54. The highest BCUT2D eigenvalue weighted by atomic mass is 127. The van der Waals surface area contributed by atoms with Gasteiger partial charge < -0.3 is 24.8 Å². The molecule has 160 valence electrons. The lowest BCUT2D eigenvalue weighted by Gasteiger charge is -2.13. The van der Waals surface area contributed by atoms with Gasteiger partial charge in [-0.3, -0.25) is 4.99 Å². The lowest BCUT2D eigenvalue weighted by Crippen LogP contribution is -2.39. The van der Waals surface area contributed by atoms with Gasteiger partial charge in [0, 0.05) is 25.7 Å². The minimum absolute atomic E-state index is 0. The van der Waals surface area contributed by atoms with E-state index in [1.54, 1.807) is 21.3 Å². The average Bonchev–Trinajstić information content (AvgIpc) is 2.73. The molecule has 0 amide bonds. The third-order valence-electron chi connectivity index (χ3n) is 4.39. The van der Waals surface area contributed by atoms with Crippen LogP contribution in [0.1, 0.15) is 16.7 Å². The highest BCUT2D eigenvalue weighted by molar-refractivity contribution is 14.0. The van der Waals surface area contributed by atoms with Gasteiger partial charge in [-0.05, 0) is 36.6 Å². The van der Waals surface area contributed by atoms with E-state index < -0.39 is 0 Å². The molecule has 0 heterocycles.